The van der Waals surface area contributed by atoms with Crippen molar-refractivity contribution >= 4 is 31.9 Å². The van der Waals surface area contributed by atoms with Crippen LogP contribution in [-0.4, -0.2) is 12.6 Å². The van der Waals surface area contributed by atoms with E-state index in [4.69, 9.17) is 4.74 Å². The molecule has 1 aromatic carbocycles. The molecule has 1 N–H and O–H groups in total. The zero-order valence-electron chi connectivity index (χ0n) is 12.8. The highest BCUT2D eigenvalue weighted by molar-refractivity contribution is 9.11. The molecule has 4 heteroatoms. The summed E-state index contributed by atoms with van der Waals surface area (Å²) in [6.07, 6.45) is 2.43. The van der Waals surface area contributed by atoms with Gasteiger partial charge in [-0.3, -0.25) is 0 Å². The van der Waals surface area contributed by atoms with Crippen LogP contribution >= 0.6 is 31.9 Å². The Bertz CT molecular complexity index is 419. The molecule has 2 nitrogen and oxygen atoms in total. The normalized spacial score (nSPS) is 12.8. The summed E-state index contributed by atoms with van der Waals surface area (Å²) in [5.74, 6) is 1.67. The van der Waals surface area contributed by atoms with Gasteiger partial charge in [0.15, 0.2) is 0 Å². The molecule has 0 aliphatic heterocycles. The summed E-state index contributed by atoms with van der Waals surface area (Å²) in [6, 6.07) is 4.67. The zero-order valence-corrected chi connectivity index (χ0v) is 16.0. The Balaban J connectivity index is 2.81. The third-order valence-electron chi connectivity index (χ3n) is 3.74. The van der Waals surface area contributed by atoms with E-state index in [9.17, 15) is 0 Å². The summed E-state index contributed by atoms with van der Waals surface area (Å²) >= 11 is 7.13. The SMILES string of the molecule is CCOc1c(Br)cc(Br)cc1CNC(C)C(CC)CC. The van der Waals surface area contributed by atoms with E-state index in [1.165, 1.54) is 18.4 Å². The van der Waals surface area contributed by atoms with Gasteiger partial charge in [0.2, 0.25) is 0 Å². The van der Waals surface area contributed by atoms with Gasteiger partial charge >= 0.3 is 0 Å². The van der Waals surface area contributed by atoms with Crippen LogP contribution in [0.4, 0.5) is 0 Å². The van der Waals surface area contributed by atoms with E-state index in [1.807, 2.05) is 13.0 Å². The van der Waals surface area contributed by atoms with Crippen LogP contribution in [0.25, 0.3) is 0 Å². The minimum Gasteiger partial charge on any atom is -0.492 e. The first-order valence-corrected chi connectivity index (χ1v) is 8.96. The van der Waals surface area contributed by atoms with E-state index in [1.54, 1.807) is 0 Å². The lowest BCUT2D eigenvalue weighted by molar-refractivity contribution is 0.325. The largest absolute Gasteiger partial charge is 0.492 e. The van der Waals surface area contributed by atoms with Crippen LogP contribution in [0.15, 0.2) is 21.1 Å². The molecule has 0 bridgehead atoms. The lowest BCUT2D eigenvalue weighted by Crippen LogP contribution is -2.32. The number of rotatable bonds is 8. The van der Waals surface area contributed by atoms with E-state index in [0.29, 0.717) is 12.6 Å². The number of halogens is 2. The monoisotopic (exact) mass is 405 g/mol. The maximum absolute atomic E-state index is 5.76. The highest BCUT2D eigenvalue weighted by Gasteiger charge is 2.15. The topological polar surface area (TPSA) is 21.3 Å². The zero-order chi connectivity index (χ0) is 15.1. The molecule has 0 saturated carbocycles. The Morgan fingerprint density at radius 1 is 1.15 bits per heavy atom. The highest BCUT2D eigenvalue weighted by Crippen LogP contribution is 2.33. The minimum atomic E-state index is 0.511. The molecule has 0 amide bonds. The average molecular weight is 407 g/mol. The molecule has 0 saturated heterocycles. The van der Waals surface area contributed by atoms with E-state index in [-0.39, 0.29) is 0 Å². The van der Waals surface area contributed by atoms with Crippen molar-refractivity contribution in [2.45, 2.75) is 53.1 Å². The van der Waals surface area contributed by atoms with Crippen molar-refractivity contribution in [2.24, 2.45) is 5.92 Å². The van der Waals surface area contributed by atoms with Crippen molar-refractivity contribution in [3.63, 3.8) is 0 Å². The first-order valence-electron chi connectivity index (χ1n) is 7.37. The Morgan fingerprint density at radius 3 is 2.35 bits per heavy atom. The predicted molar refractivity (Wildman–Crippen MR) is 93.4 cm³/mol. The standard InChI is InChI=1S/C16H25Br2NO/c1-5-12(6-2)11(4)19-10-13-8-14(17)9-15(18)16(13)20-7-3/h8-9,11-12,19H,5-7,10H2,1-4H3. The van der Waals surface area contributed by atoms with Crippen LogP contribution in [0.2, 0.25) is 0 Å². The summed E-state index contributed by atoms with van der Waals surface area (Å²) in [7, 11) is 0. The quantitative estimate of drug-likeness (QED) is 0.613. The molecule has 1 unspecified atom stereocenters. The second-order valence-electron chi connectivity index (χ2n) is 5.06. The van der Waals surface area contributed by atoms with Gasteiger partial charge in [0.05, 0.1) is 11.1 Å². The Kier molecular flexibility index (Phi) is 8.15. The molecule has 20 heavy (non-hydrogen) atoms. The molecule has 114 valence electrons. The van der Waals surface area contributed by atoms with Gasteiger partial charge in [0.25, 0.3) is 0 Å². The van der Waals surface area contributed by atoms with Gasteiger partial charge in [-0.15, -0.1) is 0 Å². The molecular formula is C16H25Br2NO. The van der Waals surface area contributed by atoms with Crippen molar-refractivity contribution in [2.75, 3.05) is 6.61 Å². The van der Waals surface area contributed by atoms with E-state index in [0.717, 1.165) is 27.2 Å². The van der Waals surface area contributed by atoms with Crippen LogP contribution in [0.1, 0.15) is 46.1 Å². The van der Waals surface area contributed by atoms with Gasteiger partial charge in [0.1, 0.15) is 5.75 Å². The molecule has 1 aromatic rings. The maximum atomic E-state index is 5.76. The average Bonchev–Trinajstić information content (AvgIpc) is 2.41. The number of benzene rings is 1. The van der Waals surface area contributed by atoms with Crippen molar-refractivity contribution in [1.82, 2.24) is 5.32 Å². The third-order valence-corrected chi connectivity index (χ3v) is 4.79. The van der Waals surface area contributed by atoms with Crippen LogP contribution in [0.5, 0.6) is 5.75 Å². The summed E-state index contributed by atoms with van der Waals surface area (Å²) in [5.41, 5.74) is 1.19. The highest BCUT2D eigenvalue weighted by atomic mass is 79.9. The van der Waals surface area contributed by atoms with Crippen LogP contribution < -0.4 is 10.1 Å². The number of ether oxygens (including phenoxy) is 1. The molecule has 0 spiro atoms. The van der Waals surface area contributed by atoms with Gasteiger partial charge < -0.3 is 10.1 Å². The molecule has 0 aliphatic rings. The smallest absolute Gasteiger partial charge is 0.138 e. The summed E-state index contributed by atoms with van der Waals surface area (Å²) < 4.78 is 7.83. The molecule has 0 aromatic heterocycles. The fraction of sp³-hybridized carbons (Fsp3) is 0.625. The van der Waals surface area contributed by atoms with E-state index < -0.39 is 0 Å². The lowest BCUT2D eigenvalue weighted by atomic mass is 9.95. The third kappa shape index (κ3) is 5.05. The summed E-state index contributed by atoms with van der Waals surface area (Å²) in [6.45, 7) is 10.3. The first kappa shape index (κ1) is 18.0. The first-order chi connectivity index (χ1) is 9.53. The van der Waals surface area contributed by atoms with Gasteiger partial charge in [-0.2, -0.15) is 0 Å². The predicted octanol–water partition coefficient (Wildman–Crippen LogP) is 5.52. The van der Waals surface area contributed by atoms with Crippen molar-refractivity contribution in [3.05, 3.63) is 26.6 Å². The number of hydrogen-bond donors (Lipinski definition) is 1. The Hall–Kier alpha value is -0.0600. The Labute approximate surface area is 139 Å². The lowest BCUT2D eigenvalue weighted by Gasteiger charge is -2.23. The molecule has 1 atom stereocenters. The van der Waals surface area contributed by atoms with Crippen molar-refractivity contribution < 1.29 is 4.74 Å². The summed E-state index contributed by atoms with van der Waals surface area (Å²) in [5, 5.41) is 3.63. The maximum Gasteiger partial charge on any atom is 0.138 e. The van der Waals surface area contributed by atoms with Gasteiger partial charge in [-0.05, 0) is 47.8 Å². The van der Waals surface area contributed by atoms with Crippen LogP contribution in [-0.2, 0) is 6.54 Å². The van der Waals surface area contributed by atoms with Gasteiger partial charge in [-0.25, -0.2) is 0 Å². The fourth-order valence-corrected chi connectivity index (χ4v) is 3.91. The molecule has 0 aliphatic carbocycles. The van der Waals surface area contributed by atoms with Crippen LogP contribution in [0.3, 0.4) is 0 Å². The minimum absolute atomic E-state index is 0.511. The number of nitrogens with one attached hydrogen (secondary N) is 1. The van der Waals surface area contributed by atoms with Gasteiger partial charge in [-0.1, -0.05) is 42.6 Å². The van der Waals surface area contributed by atoms with Crippen LogP contribution in [0, 0.1) is 5.92 Å². The summed E-state index contributed by atoms with van der Waals surface area (Å²) in [4.78, 5) is 0. The molecular weight excluding hydrogens is 382 g/mol. The van der Waals surface area contributed by atoms with E-state index in [2.05, 4.69) is 64.0 Å². The van der Waals surface area contributed by atoms with Crippen molar-refractivity contribution in [3.8, 4) is 5.75 Å². The molecule has 1 rings (SSSR count). The molecule has 0 heterocycles. The van der Waals surface area contributed by atoms with E-state index >= 15 is 0 Å². The molecule has 0 fully saturated rings. The van der Waals surface area contributed by atoms with Crippen molar-refractivity contribution in [1.29, 1.82) is 0 Å². The second-order valence-corrected chi connectivity index (χ2v) is 6.83. The molecule has 0 radical (unpaired) electrons. The van der Waals surface area contributed by atoms with Gasteiger partial charge in [0, 0.05) is 22.6 Å². The number of hydrogen-bond acceptors (Lipinski definition) is 2. The second kappa shape index (κ2) is 9.06. The fourth-order valence-electron chi connectivity index (χ4n) is 2.48. The Morgan fingerprint density at radius 2 is 1.80 bits per heavy atom.